The summed E-state index contributed by atoms with van der Waals surface area (Å²) in [5.74, 6) is 57.5. The number of Topliss-reactive ketones (excluding diaryl/α,β-unsaturated/α-hetero) is 1. The van der Waals surface area contributed by atoms with E-state index in [0.717, 1.165) is 25.7 Å². The van der Waals surface area contributed by atoms with Crippen LogP contribution in [0.25, 0.3) is 0 Å². The van der Waals surface area contributed by atoms with Crippen LogP contribution in [0.3, 0.4) is 0 Å². The highest BCUT2D eigenvalue weighted by molar-refractivity contribution is 6.00. The van der Waals surface area contributed by atoms with Gasteiger partial charge in [-0.05, 0) is 114 Å². The Balaban J connectivity index is -0.0000000728. The van der Waals surface area contributed by atoms with Gasteiger partial charge in [0.1, 0.15) is 24.4 Å². The first kappa shape index (κ1) is 54.0. The van der Waals surface area contributed by atoms with Crippen molar-refractivity contribution in [2.45, 2.75) is 146 Å². The quantitative estimate of drug-likeness (QED) is 0.0359. The van der Waals surface area contributed by atoms with E-state index in [4.69, 9.17) is 19.9 Å². The van der Waals surface area contributed by atoms with Crippen LogP contribution < -0.4 is 5.73 Å². The number of rotatable bonds is 22. The van der Waals surface area contributed by atoms with Crippen LogP contribution in [0.2, 0.25) is 0 Å². The van der Waals surface area contributed by atoms with Crippen molar-refractivity contribution in [3.05, 3.63) is 0 Å². The molecule has 0 spiro atoms. The van der Waals surface area contributed by atoms with Gasteiger partial charge in [-0.3, -0.25) is 4.79 Å². The third-order valence-corrected chi connectivity index (χ3v) is 9.03. The van der Waals surface area contributed by atoms with E-state index < -0.39 is 67.3 Å². The summed E-state index contributed by atoms with van der Waals surface area (Å²) < 4.78 is 16.3. The van der Waals surface area contributed by atoms with Crippen molar-refractivity contribution >= 4 is 5.78 Å². The van der Waals surface area contributed by atoms with Crippen molar-refractivity contribution in [2.24, 2.45) is 11.7 Å². The Bertz CT molecular complexity index is 2270. The first-order chi connectivity index (χ1) is 30.2. The summed E-state index contributed by atoms with van der Waals surface area (Å²) in [5.41, 5.74) is 6.28. The van der Waals surface area contributed by atoms with E-state index in [1.807, 2.05) is 0 Å². The number of hydrogen-bond donors (Lipinski definition) is 6. The lowest BCUT2D eigenvalue weighted by Crippen LogP contribution is -2.60. The van der Waals surface area contributed by atoms with E-state index in [-0.39, 0.29) is 47.3 Å². The molecule has 10 nitrogen and oxygen atoms in total. The molecule has 1 aliphatic heterocycles. The van der Waals surface area contributed by atoms with Crippen LogP contribution >= 0.6 is 0 Å². The van der Waals surface area contributed by atoms with E-state index in [2.05, 4.69) is 149 Å². The molecule has 7 N–H and O–H groups in total. The van der Waals surface area contributed by atoms with Gasteiger partial charge < -0.3 is 45.5 Å². The zero-order valence-electron chi connectivity index (χ0n) is 35.7. The number of nitrogens with two attached hydrogens (primary N) is 1. The smallest absolute Gasteiger partial charge is 0.223 e. The fourth-order valence-electron chi connectivity index (χ4n) is 5.69. The number of ether oxygens (including phenoxy) is 3. The van der Waals surface area contributed by atoms with Crippen molar-refractivity contribution in [3.63, 3.8) is 0 Å². The van der Waals surface area contributed by atoms with E-state index in [0.29, 0.717) is 6.42 Å². The zero-order valence-corrected chi connectivity index (χ0v) is 35.7. The van der Waals surface area contributed by atoms with Crippen molar-refractivity contribution in [1.29, 1.82) is 0 Å². The molecule has 9 atom stereocenters. The molecule has 0 aliphatic carbocycles. The van der Waals surface area contributed by atoms with Crippen LogP contribution in [0.15, 0.2) is 0 Å². The van der Waals surface area contributed by atoms with E-state index in [1.54, 1.807) is 6.92 Å². The van der Waals surface area contributed by atoms with Gasteiger partial charge in [-0.15, -0.1) is 0 Å². The molecule has 1 heterocycles. The van der Waals surface area contributed by atoms with Gasteiger partial charge in [-0.1, -0.05) is 89.9 Å². The predicted molar refractivity (Wildman–Crippen MR) is 288 cm³/mol. The Morgan fingerprint density at radius 2 is 1.02 bits per heavy atom. The Morgan fingerprint density at radius 3 is 1.44 bits per heavy atom. The maximum atomic E-state index is 13.0. The zero-order chi connectivity index (χ0) is 45.5. The summed E-state index contributed by atoms with van der Waals surface area (Å²) in [6, 6.07) is -1.45. The van der Waals surface area contributed by atoms with Crippen LogP contribution in [-0.2, 0) is 19.0 Å². The second-order valence-corrected chi connectivity index (χ2v) is 13.7. The molecule has 370 valence electrons. The van der Waals surface area contributed by atoms with Gasteiger partial charge in [0.25, 0.3) is 0 Å². The monoisotopic (exact) mass is 886 g/mol. The van der Waals surface area contributed by atoms with E-state index >= 15 is 0 Å². The van der Waals surface area contributed by atoms with Crippen LogP contribution in [-0.4, -0.2) is 101 Å². The second kappa shape index (κ2) is 36.8. The fraction of sp³-hybridized carbons (Fsp3) is 0.519. The SMILES string of the molecule is CC#CC#CC#CC#CC#CC#CC#CC#CC#CC#CC#CC#CC(=O)C(N)[C@@H](CO[C@H]1OC(COC)[C@H](O)[C@H](O)C1O)[C@H](O)[C@H](O)CCCCCCCCCCCCCC.[HH].[HH].[HH].[HH].[HH].[HH].[HH].[HH].[HH].[HH].[HH].[HH].[HH].[HH].[HH].[HH].[HH].[HH].[HH].[HH].[HH].[HH].[HH].[HH]. The maximum absolute atomic E-state index is 13.0. The molecule has 1 rings (SSSR count). The lowest BCUT2D eigenvalue weighted by molar-refractivity contribution is -0.305. The van der Waals surface area contributed by atoms with Crippen LogP contribution in [0.4, 0.5) is 0 Å². The molecule has 0 aromatic carbocycles. The van der Waals surface area contributed by atoms with Crippen LogP contribution in [0.5, 0.6) is 0 Å². The van der Waals surface area contributed by atoms with Gasteiger partial charge in [0.05, 0.1) is 31.5 Å². The summed E-state index contributed by atoms with van der Waals surface area (Å²) >= 11 is 0. The predicted octanol–water partition coefficient (Wildman–Crippen LogP) is 7.75. The molecule has 62 heavy (non-hydrogen) atoms. The Labute approximate surface area is 405 Å². The Kier molecular flexibility index (Phi) is 32.1. The minimum atomic E-state index is -1.67. The highest BCUT2D eigenvalue weighted by Gasteiger charge is 2.45. The lowest BCUT2D eigenvalue weighted by atomic mass is 9.87. The minimum absolute atomic E-state index is 0. The first-order valence-corrected chi connectivity index (χ1v) is 20.6. The second-order valence-electron chi connectivity index (χ2n) is 13.7. The number of carbonyl (C=O) groups is 1. The summed E-state index contributed by atoms with van der Waals surface area (Å²) in [6.07, 6.45) is 3.91. The highest BCUT2D eigenvalue weighted by Crippen LogP contribution is 2.25. The van der Waals surface area contributed by atoms with Crippen molar-refractivity contribution < 1.29 is 78.8 Å². The van der Waals surface area contributed by atoms with Gasteiger partial charge in [0, 0.05) is 82.8 Å². The molecule has 3 unspecified atom stereocenters. The topological polar surface area (TPSA) is 172 Å². The first-order valence-electron chi connectivity index (χ1n) is 20.6. The molecule has 1 saturated heterocycles. The molecule has 0 aromatic heterocycles. The molecule has 0 radical (unpaired) electrons. The highest BCUT2D eigenvalue weighted by atomic mass is 16.7. The number of carbonyl (C=O) groups excluding carboxylic acids is 1. The average molecular weight is 886 g/mol. The van der Waals surface area contributed by atoms with Crippen molar-refractivity contribution in [3.8, 4) is 142 Å². The largest absolute Gasteiger partial charge is 0.390 e. The number of aliphatic hydroxyl groups excluding tert-OH is 5. The summed E-state index contributed by atoms with van der Waals surface area (Å²) in [5, 5.41) is 53.3. The molecule has 1 aliphatic rings. The number of unbranched alkanes of at least 4 members (excludes halogenated alkanes) is 11. The summed E-state index contributed by atoms with van der Waals surface area (Å²) in [4.78, 5) is 13.0. The number of aliphatic hydroxyl groups is 5. The maximum Gasteiger partial charge on any atom is 0.223 e. The molecule has 10 heteroatoms. The molecule has 0 bridgehead atoms. The third-order valence-electron chi connectivity index (χ3n) is 9.03. The normalized spacial score (nSPS) is 18.2. The number of hydrogen-bond acceptors (Lipinski definition) is 10. The molecular weight excluding hydrogens is 783 g/mol. The van der Waals surface area contributed by atoms with E-state index in [9.17, 15) is 30.3 Å². The Morgan fingerprint density at radius 1 is 0.613 bits per heavy atom. The van der Waals surface area contributed by atoms with Crippen LogP contribution in [0.1, 0.15) is 132 Å². The Hall–Kier alpha value is -5.97. The molecule has 0 saturated carbocycles. The van der Waals surface area contributed by atoms with E-state index in [1.165, 1.54) is 52.1 Å². The molecule has 0 aromatic rings. The van der Waals surface area contributed by atoms with Gasteiger partial charge in [-0.2, -0.15) is 0 Å². The van der Waals surface area contributed by atoms with Crippen molar-refractivity contribution in [1.82, 2.24) is 0 Å². The lowest BCUT2D eigenvalue weighted by Gasteiger charge is -2.41. The molecular formula is C52H103NO9. The number of ketones is 1. The summed E-state index contributed by atoms with van der Waals surface area (Å²) in [6.45, 7) is 3.31. The molecule has 1 fully saturated rings. The number of methoxy groups -OCH3 is 1. The minimum Gasteiger partial charge on any atom is -0.390 e. The van der Waals surface area contributed by atoms with Crippen LogP contribution in [0, 0.1) is 148 Å². The van der Waals surface area contributed by atoms with Gasteiger partial charge in [0.15, 0.2) is 6.29 Å². The standard InChI is InChI=1S/C52H55NO9.24H2/c1-4-6-8-10-12-14-16-18-19-20-21-22-23-24-25-26-27-28-30-31-33-35-37-39-44(54)47(53)43(41-61-52-51(59)50(58)49(57)46(62-52)42-60-3)48(56)45(55)40-38-36-34-32-29-17-15-13-11-9-7-5-2;;;;;;;;;;;;;;;;;;;;;;;;/h43,45-52,55-59H,5,7,9,11,13,15,17,29,32,34,36,38,40-42,53H2,1-3H3;24*1H/t43-,45-,46?,47?,48+,49+,50+,51?,52+;;;;;;;;;;;;;;;;;;;;;;;;/m1......................../s1. The van der Waals surface area contributed by atoms with Gasteiger partial charge in [0.2, 0.25) is 5.78 Å². The third kappa shape index (κ3) is 25.6. The summed E-state index contributed by atoms with van der Waals surface area (Å²) in [7, 11) is 1.37. The van der Waals surface area contributed by atoms with Crippen molar-refractivity contribution in [2.75, 3.05) is 20.3 Å². The fourth-order valence-corrected chi connectivity index (χ4v) is 5.69. The van der Waals surface area contributed by atoms with Gasteiger partial charge in [-0.25, -0.2) is 0 Å². The van der Waals surface area contributed by atoms with Gasteiger partial charge >= 0.3 is 0 Å². The average Bonchev–Trinajstić information content (AvgIpc) is 3.27. The molecule has 0 amide bonds.